The van der Waals surface area contributed by atoms with E-state index in [1.54, 1.807) is 0 Å². The minimum Gasteiger partial charge on any atom is -0.409 e. The van der Waals surface area contributed by atoms with Crippen LogP contribution in [-0.2, 0) is 0 Å². The number of amidine groups is 1. The monoisotopic (exact) mass is 241 g/mol. The molecule has 100 valence electrons. The number of nitrogens with one attached hydrogen (secondary N) is 1. The van der Waals surface area contributed by atoms with Gasteiger partial charge >= 0.3 is 0 Å². The van der Waals surface area contributed by atoms with Crippen molar-refractivity contribution in [2.45, 2.75) is 47.0 Å². The summed E-state index contributed by atoms with van der Waals surface area (Å²) in [5, 5.41) is 15.3. The third-order valence-electron chi connectivity index (χ3n) is 4.32. The highest BCUT2D eigenvalue weighted by molar-refractivity contribution is 5.85. The van der Waals surface area contributed by atoms with Crippen molar-refractivity contribution in [1.82, 2.24) is 5.32 Å². The van der Waals surface area contributed by atoms with Gasteiger partial charge in [-0.1, -0.05) is 32.9 Å². The summed E-state index contributed by atoms with van der Waals surface area (Å²) in [5.41, 5.74) is 5.95. The maximum Gasteiger partial charge on any atom is 0.144 e. The van der Waals surface area contributed by atoms with Crippen molar-refractivity contribution in [2.24, 2.45) is 27.6 Å². The Kier molecular flexibility index (Phi) is 4.42. The van der Waals surface area contributed by atoms with Crippen LogP contribution in [0.25, 0.3) is 0 Å². The van der Waals surface area contributed by atoms with E-state index in [9.17, 15) is 0 Å². The van der Waals surface area contributed by atoms with Gasteiger partial charge in [0.25, 0.3) is 0 Å². The Morgan fingerprint density at radius 3 is 2.47 bits per heavy atom. The van der Waals surface area contributed by atoms with Crippen molar-refractivity contribution in [2.75, 3.05) is 13.1 Å². The number of rotatable bonds is 7. The fraction of sp³-hybridized carbons (Fsp3) is 0.923. The second-order valence-corrected chi connectivity index (χ2v) is 6.31. The molecule has 0 heterocycles. The van der Waals surface area contributed by atoms with Crippen molar-refractivity contribution in [3.63, 3.8) is 0 Å². The Balaban J connectivity index is 2.25. The molecule has 1 fully saturated rings. The summed E-state index contributed by atoms with van der Waals surface area (Å²) in [4.78, 5) is 0. The van der Waals surface area contributed by atoms with E-state index in [0.717, 1.165) is 25.4 Å². The number of hydrogen-bond acceptors (Lipinski definition) is 3. The molecule has 0 saturated heterocycles. The maximum absolute atomic E-state index is 8.68. The van der Waals surface area contributed by atoms with Gasteiger partial charge in [0, 0.05) is 12.0 Å². The highest BCUT2D eigenvalue weighted by atomic mass is 16.4. The smallest absolute Gasteiger partial charge is 0.144 e. The Hall–Kier alpha value is -0.770. The molecule has 0 bridgehead atoms. The van der Waals surface area contributed by atoms with E-state index in [-0.39, 0.29) is 5.41 Å². The fourth-order valence-corrected chi connectivity index (χ4v) is 2.12. The van der Waals surface area contributed by atoms with Gasteiger partial charge in [-0.05, 0) is 37.1 Å². The Morgan fingerprint density at radius 2 is 2.06 bits per heavy atom. The topological polar surface area (TPSA) is 70.6 Å². The van der Waals surface area contributed by atoms with Crippen LogP contribution >= 0.6 is 0 Å². The summed E-state index contributed by atoms with van der Waals surface area (Å²) < 4.78 is 0. The van der Waals surface area contributed by atoms with Crippen LogP contribution in [0.2, 0.25) is 0 Å². The molecule has 0 aromatic heterocycles. The average molecular weight is 241 g/mol. The van der Waals surface area contributed by atoms with Crippen molar-refractivity contribution in [1.29, 1.82) is 0 Å². The van der Waals surface area contributed by atoms with Crippen LogP contribution in [0.4, 0.5) is 0 Å². The number of hydrogen-bond donors (Lipinski definition) is 3. The third-order valence-corrected chi connectivity index (χ3v) is 4.32. The zero-order chi connectivity index (χ0) is 13.1. The van der Waals surface area contributed by atoms with E-state index in [1.165, 1.54) is 12.8 Å². The van der Waals surface area contributed by atoms with E-state index < -0.39 is 0 Å². The van der Waals surface area contributed by atoms with E-state index in [1.807, 2.05) is 13.8 Å². The second-order valence-electron chi connectivity index (χ2n) is 6.31. The standard InChI is InChI=1S/C13H27N3O/c1-10(2)13(5-6-13)9-15-8-7-12(3,4)11(14)16-17/h10,15,17H,5-9H2,1-4H3,(H2,14,16). The van der Waals surface area contributed by atoms with Gasteiger partial charge in [0.2, 0.25) is 0 Å². The average Bonchev–Trinajstić information content (AvgIpc) is 3.04. The van der Waals surface area contributed by atoms with Crippen LogP contribution in [0.1, 0.15) is 47.0 Å². The van der Waals surface area contributed by atoms with Crippen molar-refractivity contribution in [3.8, 4) is 0 Å². The van der Waals surface area contributed by atoms with Gasteiger partial charge < -0.3 is 16.3 Å². The Bertz CT molecular complexity index is 280. The quantitative estimate of drug-likeness (QED) is 0.210. The molecule has 17 heavy (non-hydrogen) atoms. The van der Waals surface area contributed by atoms with Crippen molar-refractivity contribution < 1.29 is 5.21 Å². The first-order valence-electron chi connectivity index (χ1n) is 6.53. The first-order valence-corrected chi connectivity index (χ1v) is 6.53. The van der Waals surface area contributed by atoms with E-state index in [4.69, 9.17) is 10.9 Å². The maximum atomic E-state index is 8.68. The molecule has 0 aromatic rings. The number of nitrogens with two attached hydrogens (primary N) is 1. The van der Waals surface area contributed by atoms with Gasteiger partial charge in [0.1, 0.15) is 5.84 Å². The molecule has 1 saturated carbocycles. The predicted octanol–water partition coefficient (Wildman–Crippen LogP) is 2.17. The number of oxime groups is 1. The molecule has 0 unspecified atom stereocenters. The molecule has 0 aromatic carbocycles. The Labute approximate surface area is 105 Å². The summed E-state index contributed by atoms with van der Waals surface area (Å²) in [6, 6.07) is 0. The lowest BCUT2D eigenvalue weighted by molar-refractivity contribution is 0.301. The second kappa shape index (κ2) is 5.25. The van der Waals surface area contributed by atoms with Crippen molar-refractivity contribution in [3.05, 3.63) is 0 Å². The van der Waals surface area contributed by atoms with Crippen LogP contribution in [0.5, 0.6) is 0 Å². The van der Waals surface area contributed by atoms with Gasteiger partial charge in [-0.2, -0.15) is 0 Å². The molecule has 4 nitrogen and oxygen atoms in total. The molecule has 1 rings (SSSR count). The number of nitrogens with zero attached hydrogens (tertiary/aromatic N) is 1. The highest BCUT2D eigenvalue weighted by Crippen LogP contribution is 2.51. The van der Waals surface area contributed by atoms with E-state index in [2.05, 4.69) is 24.3 Å². The van der Waals surface area contributed by atoms with Crippen LogP contribution in [0, 0.1) is 16.7 Å². The predicted molar refractivity (Wildman–Crippen MR) is 71.2 cm³/mol. The van der Waals surface area contributed by atoms with Crippen LogP contribution in [-0.4, -0.2) is 24.1 Å². The molecule has 1 aliphatic carbocycles. The normalized spacial score (nSPS) is 19.7. The van der Waals surface area contributed by atoms with Gasteiger partial charge in [-0.15, -0.1) is 0 Å². The highest BCUT2D eigenvalue weighted by Gasteiger charge is 2.44. The third kappa shape index (κ3) is 3.60. The lowest BCUT2D eigenvalue weighted by Gasteiger charge is -2.25. The first kappa shape index (κ1) is 14.3. The van der Waals surface area contributed by atoms with E-state index >= 15 is 0 Å². The lowest BCUT2D eigenvalue weighted by atomic mass is 9.87. The molecule has 1 aliphatic rings. The van der Waals surface area contributed by atoms with Gasteiger partial charge in [0.05, 0.1) is 0 Å². The summed E-state index contributed by atoms with van der Waals surface area (Å²) in [7, 11) is 0. The lowest BCUT2D eigenvalue weighted by Crippen LogP contribution is -2.36. The van der Waals surface area contributed by atoms with Crippen LogP contribution < -0.4 is 11.1 Å². The van der Waals surface area contributed by atoms with Crippen molar-refractivity contribution >= 4 is 5.84 Å². The van der Waals surface area contributed by atoms with Gasteiger partial charge in [0.15, 0.2) is 0 Å². The molecular weight excluding hydrogens is 214 g/mol. The summed E-state index contributed by atoms with van der Waals surface area (Å²) >= 11 is 0. The molecule has 4 N–H and O–H groups in total. The van der Waals surface area contributed by atoms with Gasteiger partial charge in [-0.25, -0.2) is 0 Å². The minimum absolute atomic E-state index is 0.240. The molecular formula is C13H27N3O. The first-order chi connectivity index (χ1) is 7.84. The van der Waals surface area contributed by atoms with E-state index in [0.29, 0.717) is 11.3 Å². The fourth-order valence-electron chi connectivity index (χ4n) is 2.12. The Morgan fingerprint density at radius 1 is 1.47 bits per heavy atom. The summed E-state index contributed by atoms with van der Waals surface area (Å²) in [5.74, 6) is 1.07. The summed E-state index contributed by atoms with van der Waals surface area (Å²) in [6.45, 7) is 10.6. The zero-order valence-corrected chi connectivity index (χ0v) is 11.6. The van der Waals surface area contributed by atoms with Crippen LogP contribution in [0.3, 0.4) is 0 Å². The largest absolute Gasteiger partial charge is 0.409 e. The van der Waals surface area contributed by atoms with Gasteiger partial charge in [-0.3, -0.25) is 0 Å². The minimum atomic E-state index is -0.240. The molecule has 0 spiro atoms. The molecule has 0 aliphatic heterocycles. The SMILES string of the molecule is CC(C)C1(CNCCC(C)(C)C(N)=NO)CC1. The molecule has 4 heteroatoms. The zero-order valence-electron chi connectivity index (χ0n) is 11.6. The molecule has 0 radical (unpaired) electrons. The molecule has 0 amide bonds. The summed E-state index contributed by atoms with van der Waals surface area (Å²) in [6.07, 6.45) is 3.58. The van der Waals surface area contributed by atoms with Crippen LogP contribution in [0.15, 0.2) is 5.16 Å². The molecule has 0 atom stereocenters.